The summed E-state index contributed by atoms with van der Waals surface area (Å²) in [5.74, 6) is -0.491. The number of likely N-dealkylation sites (tertiary alicyclic amines) is 1. The number of benzene rings is 1. The first-order valence-electron chi connectivity index (χ1n) is 6.47. The van der Waals surface area contributed by atoms with Crippen molar-refractivity contribution in [1.82, 2.24) is 0 Å². The molecule has 6 heteroatoms. The molecule has 108 valence electrons. The summed E-state index contributed by atoms with van der Waals surface area (Å²) in [7, 11) is 0. The molecule has 1 saturated heterocycles. The molecular weight excluding hydrogens is 282 g/mol. The van der Waals surface area contributed by atoms with Gasteiger partial charge in [0.2, 0.25) is 0 Å². The molecule has 0 bridgehead atoms. The molecule has 0 aliphatic carbocycles. The van der Waals surface area contributed by atoms with E-state index in [0.29, 0.717) is 19.4 Å². The van der Waals surface area contributed by atoms with Gasteiger partial charge >= 0.3 is 12.1 Å². The third-order valence-corrected chi connectivity index (χ3v) is 4.15. The molecule has 1 unspecified atom stereocenters. The van der Waals surface area contributed by atoms with E-state index < -0.39 is 22.6 Å². The van der Waals surface area contributed by atoms with Crippen LogP contribution in [0.5, 0.6) is 0 Å². The maximum absolute atomic E-state index is 12.1. The van der Waals surface area contributed by atoms with Gasteiger partial charge in [0.15, 0.2) is 12.0 Å². The zero-order chi connectivity index (χ0) is 14.6. The van der Waals surface area contributed by atoms with Crippen molar-refractivity contribution in [3.8, 4) is 0 Å². The van der Waals surface area contributed by atoms with Crippen LogP contribution in [0.4, 0.5) is 4.79 Å². The summed E-state index contributed by atoms with van der Waals surface area (Å²) < 4.78 is 4.81. The highest BCUT2D eigenvalue weighted by Gasteiger charge is 2.52. The van der Waals surface area contributed by atoms with E-state index in [-0.39, 0.29) is 12.6 Å². The molecule has 1 heterocycles. The van der Waals surface area contributed by atoms with E-state index in [0.717, 1.165) is 5.56 Å². The van der Waals surface area contributed by atoms with Gasteiger partial charge < -0.3 is 9.84 Å². The molecule has 1 fully saturated rings. The minimum Gasteiger partial charge on any atom is -0.456 e. The van der Waals surface area contributed by atoms with Gasteiger partial charge in [-0.15, -0.1) is 0 Å². The molecule has 1 amide bonds. The first kappa shape index (κ1) is 14.8. The van der Waals surface area contributed by atoms with Crippen LogP contribution in [0.1, 0.15) is 18.4 Å². The van der Waals surface area contributed by atoms with Crippen LogP contribution in [0.25, 0.3) is 0 Å². The van der Waals surface area contributed by atoms with Crippen molar-refractivity contribution in [2.45, 2.75) is 25.5 Å². The minimum absolute atomic E-state index is 0.125. The van der Waals surface area contributed by atoms with E-state index in [9.17, 15) is 14.7 Å². The molecule has 1 aliphatic heterocycles. The molecular formula is C14H17ClNO4+. The van der Waals surface area contributed by atoms with E-state index in [1.165, 1.54) is 0 Å². The normalized spacial score (nSPS) is 25.4. The smallest absolute Gasteiger partial charge is 0.456 e. The van der Waals surface area contributed by atoms with E-state index in [4.69, 9.17) is 16.3 Å². The van der Waals surface area contributed by atoms with Crippen LogP contribution < -0.4 is 0 Å². The van der Waals surface area contributed by atoms with Crippen LogP contribution in [0.2, 0.25) is 0 Å². The second-order valence-corrected chi connectivity index (χ2v) is 5.15. The first-order chi connectivity index (χ1) is 9.60. The fraction of sp³-hybridized carbons (Fsp3) is 0.429. The minimum atomic E-state index is -1.07. The van der Waals surface area contributed by atoms with Gasteiger partial charge in [-0.1, -0.05) is 41.9 Å². The number of esters is 1. The Morgan fingerprint density at radius 3 is 2.65 bits per heavy atom. The van der Waals surface area contributed by atoms with Gasteiger partial charge in [0, 0.05) is 12.8 Å². The number of hydrogen-bond donors (Lipinski definition) is 1. The Hall–Kier alpha value is -1.59. The Labute approximate surface area is 122 Å². The van der Waals surface area contributed by atoms with Gasteiger partial charge in [-0.05, 0) is 5.56 Å². The molecule has 5 nitrogen and oxygen atoms in total. The molecule has 0 radical (unpaired) electrons. The number of carboxylic acid groups (broad SMARTS) is 1. The summed E-state index contributed by atoms with van der Waals surface area (Å²) in [6.07, 6.45) is 0.0793. The number of quaternary nitrogens is 1. The SMILES string of the molecule is O=C(OCc1ccccc1)[C@H]1CCC[N+]1(CCl)C(=O)O. The average molecular weight is 299 g/mol. The van der Waals surface area contributed by atoms with Crippen molar-refractivity contribution in [1.29, 1.82) is 0 Å². The molecule has 1 aromatic carbocycles. The van der Waals surface area contributed by atoms with Gasteiger partial charge in [0.25, 0.3) is 0 Å². The van der Waals surface area contributed by atoms with E-state index >= 15 is 0 Å². The number of alkyl halides is 1. The summed E-state index contributed by atoms with van der Waals surface area (Å²) in [6.45, 7) is 0.516. The van der Waals surface area contributed by atoms with Crippen LogP contribution in [0.3, 0.4) is 0 Å². The fourth-order valence-electron chi connectivity index (χ4n) is 2.54. The monoisotopic (exact) mass is 298 g/mol. The predicted molar refractivity (Wildman–Crippen MR) is 73.1 cm³/mol. The van der Waals surface area contributed by atoms with Gasteiger partial charge in [0.1, 0.15) is 6.61 Å². The quantitative estimate of drug-likeness (QED) is 0.402. The number of carbonyl (C=O) groups is 2. The highest BCUT2D eigenvalue weighted by atomic mass is 35.5. The highest BCUT2D eigenvalue weighted by Crippen LogP contribution is 2.29. The molecule has 0 saturated carbocycles. The first-order valence-corrected chi connectivity index (χ1v) is 7.00. The lowest BCUT2D eigenvalue weighted by Crippen LogP contribution is -2.57. The van der Waals surface area contributed by atoms with Crippen molar-refractivity contribution < 1.29 is 23.9 Å². The Balaban J connectivity index is 2.03. The van der Waals surface area contributed by atoms with Crippen LogP contribution in [0, 0.1) is 0 Å². The Morgan fingerprint density at radius 1 is 1.35 bits per heavy atom. The summed E-state index contributed by atoms with van der Waals surface area (Å²) in [4.78, 5) is 23.6. The lowest BCUT2D eigenvalue weighted by molar-refractivity contribution is -0.849. The van der Waals surface area contributed by atoms with E-state index in [1.54, 1.807) is 0 Å². The number of carbonyl (C=O) groups excluding carboxylic acids is 1. The summed E-state index contributed by atoms with van der Waals surface area (Å²) in [5, 5.41) is 9.35. The Kier molecular flexibility index (Phi) is 4.62. The van der Waals surface area contributed by atoms with Gasteiger partial charge in [0.05, 0.1) is 6.54 Å². The van der Waals surface area contributed by atoms with Crippen LogP contribution in [-0.2, 0) is 16.1 Å². The Morgan fingerprint density at radius 2 is 2.05 bits per heavy atom. The van der Waals surface area contributed by atoms with Crippen molar-refractivity contribution in [3.63, 3.8) is 0 Å². The molecule has 20 heavy (non-hydrogen) atoms. The second kappa shape index (κ2) is 6.24. The predicted octanol–water partition coefficient (Wildman–Crippen LogP) is 2.58. The molecule has 0 spiro atoms. The van der Waals surface area contributed by atoms with E-state index in [2.05, 4.69) is 0 Å². The number of halogens is 1. The van der Waals surface area contributed by atoms with Crippen molar-refractivity contribution in [2.24, 2.45) is 0 Å². The van der Waals surface area contributed by atoms with Crippen LogP contribution in [-0.4, -0.2) is 40.2 Å². The standard InChI is InChI=1S/C14H16ClNO4/c15-10-16(14(18)19)8-4-7-12(16)13(17)20-9-11-5-2-1-3-6-11/h1-3,5-6,12H,4,7-10H2/p+1/t12-,16?/m1/s1. The zero-order valence-corrected chi connectivity index (χ0v) is 11.8. The largest absolute Gasteiger partial charge is 0.515 e. The summed E-state index contributed by atoms with van der Waals surface area (Å²) >= 11 is 5.80. The molecule has 1 aromatic rings. The number of hydrogen-bond acceptors (Lipinski definition) is 3. The van der Waals surface area contributed by atoms with Crippen molar-refractivity contribution >= 4 is 23.7 Å². The van der Waals surface area contributed by atoms with Gasteiger partial charge in [-0.3, -0.25) is 0 Å². The third-order valence-electron chi connectivity index (χ3n) is 3.72. The van der Waals surface area contributed by atoms with Crippen molar-refractivity contribution in [2.75, 3.05) is 12.5 Å². The summed E-state index contributed by atoms with van der Waals surface area (Å²) in [5.41, 5.74) is 0.873. The molecule has 1 N–H and O–H groups in total. The third kappa shape index (κ3) is 2.78. The maximum Gasteiger partial charge on any atom is 0.515 e. The van der Waals surface area contributed by atoms with Crippen LogP contribution >= 0.6 is 11.6 Å². The van der Waals surface area contributed by atoms with Crippen molar-refractivity contribution in [3.05, 3.63) is 35.9 Å². The molecule has 2 rings (SSSR count). The maximum atomic E-state index is 12.1. The lowest BCUT2D eigenvalue weighted by atomic mass is 10.2. The number of rotatable bonds is 4. The molecule has 1 aliphatic rings. The summed E-state index contributed by atoms with van der Waals surface area (Å²) in [6, 6.07) is 8.45. The lowest BCUT2D eigenvalue weighted by Gasteiger charge is -2.30. The fourth-order valence-corrected chi connectivity index (χ4v) is 2.93. The van der Waals surface area contributed by atoms with E-state index in [1.807, 2.05) is 30.3 Å². The average Bonchev–Trinajstić information content (AvgIpc) is 2.91. The van der Waals surface area contributed by atoms with Gasteiger partial charge in [-0.25, -0.2) is 4.79 Å². The zero-order valence-electron chi connectivity index (χ0n) is 11.0. The highest BCUT2D eigenvalue weighted by molar-refractivity contribution is 6.17. The van der Waals surface area contributed by atoms with Crippen LogP contribution in [0.15, 0.2) is 30.3 Å². The van der Waals surface area contributed by atoms with Gasteiger partial charge in [-0.2, -0.15) is 9.28 Å². The molecule has 2 atom stereocenters. The molecule has 0 aromatic heterocycles. The second-order valence-electron chi connectivity index (χ2n) is 4.91. The number of amides is 1. The topological polar surface area (TPSA) is 63.6 Å². The number of ether oxygens (including phenoxy) is 1. The Bertz CT molecular complexity index is 493. The number of nitrogens with zero attached hydrogens (tertiary/aromatic N) is 1.